The minimum Gasteiger partial charge on any atom is -0.481 e. The second-order valence-corrected chi connectivity index (χ2v) is 7.83. The van der Waals surface area contributed by atoms with Crippen molar-refractivity contribution < 1.29 is 9.53 Å². The summed E-state index contributed by atoms with van der Waals surface area (Å²) in [5.41, 5.74) is 4.68. The lowest BCUT2D eigenvalue weighted by Crippen LogP contribution is -2.36. The molecule has 1 fully saturated rings. The highest BCUT2D eigenvalue weighted by Crippen LogP contribution is 2.21. The maximum absolute atomic E-state index is 12.5. The van der Waals surface area contributed by atoms with E-state index < -0.39 is 6.10 Å². The quantitative estimate of drug-likeness (QED) is 0.775. The smallest absolute Gasteiger partial charge is 0.261 e. The molecule has 4 heteroatoms. The number of aryl methyl sites for hydroxylation is 1. The summed E-state index contributed by atoms with van der Waals surface area (Å²) in [6.07, 6.45) is 3.42. The van der Waals surface area contributed by atoms with E-state index in [4.69, 9.17) is 4.74 Å². The van der Waals surface area contributed by atoms with Gasteiger partial charge < -0.3 is 10.1 Å². The molecule has 0 saturated carbocycles. The highest BCUT2D eigenvalue weighted by molar-refractivity contribution is 5.80. The van der Waals surface area contributed by atoms with Crippen LogP contribution in [0.25, 0.3) is 0 Å². The van der Waals surface area contributed by atoms with Crippen molar-refractivity contribution in [3.63, 3.8) is 0 Å². The number of carbonyl (C=O) groups excluding carboxylic acids is 1. The maximum atomic E-state index is 12.5. The Hall–Kier alpha value is -2.33. The Balaban J connectivity index is 1.52. The van der Waals surface area contributed by atoms with E-state index >= 15 is 0 Å². The molecule has 1 aliphatic rings. The molecule has 1 heterocycles. The molecule has 0 unspecified atom stereocenters. The second kappa shape index (κ2) is 9.74. The average molecular weight is 381 g/mol. The van der Waals surface area contributed by atoms with E-state index in [1.807, 2.05) is 32.0 Å². The van der Waals surface area contributed by atoms with Gasteiger partial charge in [0.15, 0.2) is 6.10 Å². The molecule has 3 rings (SSSR count). The minimum absolute atomic E-state index is 0.0951. The molecular formula is C24H32N2O2. The van der Waals surface area contributed by atoms with Crippen molar-refractivity contribution in [3.05, 3.63) is 64.7 Å². The van der Waals surface area contributed by atoms with E-state index in [2.05, 4.69) is 34.5 Å². The van der Waals surface area contributed by atoms with E-state index in [1.165, 1.54) is 37.9 Å². The van der Waals surface area contributed by atoms with Gasteiger partial charge in [0.2, 0.25) is 0 Å². The minimum atomic E-state index is -0.531. The van der Waals surface area contributed by atoms with Gasteiger partial charge in [0, 0.05) is 13.1 Å². The Bertz CT molecular complexity index is 797. The van der Waals surface area contributed by atoms with Crippen molar-refractivity contribution in [1.29, 1.82) is 0 Å². The van der Waals surface area contributed by atoms with Crippen molar-refractivity contribution in [3.8, 4) is 5.75 Å². The van der Waals surface area contributed by atoms with Crippen molar-refractivity contribution in [1.82, 2.24) is 10.2 Å². The van der Waals surface area contributed by atoms with Crippen LogP contribution in [0, 0.1) is 13.8 Å². The summed E-state index contributed by atoms with van der Waals surface area (Å²) < 4.78 is 5.88. The summed E-state index contributed by atoms with van der Waals surface area (Å²) in [5.74, 6) is 0.675. The number of ether oxygens (including phenoxy) is 1. The molecule has 1 amide bonds. The number of benzene rings is 2. The number of likely N-dealkylation sites (tertiary alicyclic amines) is 1. The third-order valence-electron chi connectivity index (χ3n) is 5.54. The van der Waals surface area contributed by atoms with Crippen LogP contribution in [0.5, 0.6) is 5.75 Å². The van der Waals surface area contributed by atoms with Gasteiger partial charge in [0.05, 0.1) is 0 Å². The number of hydrogen-bond donors (Lipinski definition) is 1. The lowest BCUT2D eigenvalue weighted by molar-refractivity contribution is -0.127. The Labute approximate surface area is 168 Å². The summed E-state index contributed by atoms with van der Waals surface area (Å²) in [5, 5.41) is 3.01. The van der Waals surface area contributed by atoms with E-state index in [9.17, 15) is 4.79 Å². The fourth-order valence-corrected chi connectivity index (χ4v) is 3.64. The van der Waals surface area contributed by atoms with Crippen molar-refractivity contribution >= 4 is 5.91 Å². The fourth-order valence-electron chi connectivity index (χ4n) is 3.64. The molecule has 0 aliphatic carbocycles. The molecule has 0 spiro atoms. The summed E-state index contributed by atoms with van der Waals surface area (Å²) >= 11 is 0. The van der Waals surface area contributed by atoms with Crippen LogP contribution in [0.2, 0.25) is 0 Å². The summed E-state index contributed by atoms with van der Waals surface area (Å²) in [6, 6.07) is 14.4. The van der Waals surface area contributed by atoms with Gasteiger partial charge in [0.1, 0.15) is 5.75 Å². The van der Waals surface area contributed by atoms with Crippen LogP contribution in [0.3, 0.4) is 0 Å². The monoisotopic (exact) mass is 380 g/mol. The van der Waals surface area contributed by atoms with Gasteiger partial charge in [-0.25, -0.2) is 0 Å². The fraction of sp³-hybridized carbons (Fsp3) is 0.458. The van der Waals surface area contributed by atoms with Crippen LogP contribution in [-0.4, -0.2) is 30.0 Å². The van der Waals surface area contributed by atoms with Gasteiger partial charge in [-0.1, -0.05) is 42.8 Å². The molecular weight excluding hydrogens is 348 g/mol. The Kier molecular flexibility index (Phi) is 7.10. The molecule has 150 valence electrons. The third-order valence-corrected chi connectivity index (χ3v) is 5.54. The molecule has 0 aromatic heterocycles. The Morgan fingerprint density at radius 3 is 2.57 bits per heavy atom. The zero-order valence-corrected chi connectivity index (χ0v) is 17.3. The standard InChI is InChI=1S/C24H32N2O2/c1-18-9-7-12-23(19(18)2)28-20(3)24(27)25-16-21-10-8-11-22(15-21)17-26-13-5-4-6-14-26/h7-12,15,20H,4-6,13-14,16-17H2,1-3H3,(H,25,27)/t20-/m0/s1. The van der Waals surface area contributed by atoms with Crippen molar-refractivity contribution in [2.75, 3.05) is 13.1 Å². The number of rotatable bonds is 7. The van der Waals surface area contributed by atoms with Gasteiger partial charge in [0.25, 0.3) is 5.91 Å². The van der Waals surface area contributed by atoms with Crippen molar-refractivity contribution in [2.24, 2.45) is 0 Å². The van der Waals surface area contributed by atoms with Crippen LogP contribution in [0.1, 0.15) is 48.4 Å². The highest BCUT2D eigenvalue weighted by Gasteiger charge is 2.16. The molecule has 1 N–H and O–H groups in total. The highest BCUT2D eigenvalue weighted by atomic mass is 16.5. The van der Waals surface area contributed by atoms with Gasteiger partial charge in [-0.2, -0.15) is 0 Å². The SMILES string of the molecule is Cc1cccc(O[C@@H](C)C(=O)NCc2cccc(CN3CCCCC3)c2)c1C. The van der Waals surface area contributed by atoms with E-state index in [0.717, 1.165) is 29.0 Å². The van der Waals surface area contributed by atoms with Crippen LogP contribution < -0.4 is 10.1 Å². The first-order valence-corrected chi connectivity index (χ1v) is 10.3. The first kappa shape index (κ1) is 20.4. The lowest BCUT2D eigenvalue weighted by atomic mass is 10.1. The predicted molar refractivity (Wildman–Crippen MR) is 113 cm³/mol. The molecule has 2 aromatic carbocycles. The number of nitrogens with one attached hydrogen (secondary N) is 1. The zero-order chi connectivity index (χ0) is 19.9. The largest absolute Gasteiger partial charge is 0.481 e. The van der Waals surface area contributed by atoms with Crippen LogP contribution in [-0.2, 0) is 17.9 Å². The maximum Gasteiger partial charge on any atom is 0.261 e. The number of amides is 1. The van der Waals surface area contributed by atoms with Gasteiger partial charge >= 0.3 is 0 Å². The summed E-state index contributed by atoms with van der Waals surface area (Å²) in [4.78, 5) is 15.0. The van der Waals surface area contributed by atoms with Gasteiger partial charge in [-0.15, -0.1) is 0 Å². The number of hydrogen-bond acceptors (Lipinski definition) is 3. The normalized spacial score (nSPS) is 15.8. The Morgan fingerprint density at radius 2 is 1.79 bits per heavy atom. The predicted octanol–water partition coefficient (Wildman–Crippen LogP) is 4.37. The molecule has 1 atom stereocenters. The summed E-state index contributed by atoms with van der Waals surface area (Å²) in [7, 11) is 0. The second-order valence-electron chi connectivity index (χ2n) is 7.83. The average Bonchev–Trinajstić information content (AvgIpc) is 2.70. The zero-order valence-electron chi connectivity index (χ0n) is 17.3. The number of piperidine rings is 1. The first-order valence-electron chi connectivity index (χ1n) is 10.3. The molecule has 1 aliphatic heterocycles. The van der Waals surface area contributed by atoms with Crippen LogP contribution in [0.4, 0.5) is 0 Å². The van der Waals surface area contributed by atoms with Gasteiger partial charge in [-0.3, -0.25) is 9.69 Å². The Morgan fingerprint density at radius 1 is 1.07 bits per heavy atom. The molecule has 28 heavy (non-hydrogen) atoms. The molecule has 4 nitrogen and oxygen atoms in total. The van der Waals surface area contributed by atoms with E-state index in [-0.39, 0.29) is 5.91 Å². The first-order chi connectivity index (χ1) is 13.5. The lowest BCUT2D eigenvalue weighted by Gasteiger charge is -2.26. The van der Waals surface area contributed by atoms with Gasteiger partial charge in [-0.05, 0) is 75.0 Å². The number of carbonyl (C=O) groups is 1. The van der Waals surface area contributed by atoms with Crippen LogP contribution >= 0.6 is 0 Å². The molecule has 0 radical (unpaired) electrons. The molecule has 0 bridgehead atoms. The topological polar surface area (TPSA) is 41.6 Å². The summed E-state index contributed by atoms with van der Waals surface area (Å²) in [6.45, 7) is 9.75. The third kappa shape index (κ3) is 5.59. The van der Waals surface area contributed by atoms with E-state index in [1.54, 1.807) is 6.92 Å². The van der Waals surface area contributed by atoms with Crippen LogP contribution in [0.15, 0.2) is 42.5 Å². The van der Waals surface area contributed by atoms with E-state index in [0.29, 0.717) is 6.54 Å². The number of nitrogens with zero attached hydrogens (tertiary/aromatic N) is 1. The molecule has 2 aromatic rings. The van der Waals surface area contributed by atoms with Crippen molar-refractivity contribution in [2.45, 2.75) is 59.2 Å². The molecule has 1 saturated heterocycles.